The molecule has 0 atom stereocenters. The first-order valence-electron chi connectivity index (χ1n) is 6.73. The molecule has 4 heteroatoms. The van der Waals surface area contributed by atoms with Gasteiger partial charge >= 0.3 is 0 Å². The molecule has 19 heavy (non-hydrogen) atoms. The Morgan fingerprint density at radius 2 is 1.74 bits per heavy atom. The Bertz CT molecular complexity index is 387. The average Bonchev–Trinajstić information content (AvgIpc) is 2.38. The van der Waals surface area contributed by atoms with Crippen molar-refractivity contribution in [2.75, 3.05) is 40.8 Å². The van der Waals surface area contributed by atoms with E-state index in [4.69, 9.17) is 5.73 Å². The lowest BCUT2D eigenvalue weighted by Crippen LogP contribution is -2.29. The van der Waals surface area contributed by atoms with Gasteiger partial charge in [0.2, 0.25) is 0 Å². The summed E-state index contributed by atoms with van der Waals surface area (Å²) < 4.78 is 0. The topological polar surface area (TPSA) is 49.6 Å². The van der Waals surface area contributed by atoms with Crippen LogP contribution in [-0.4, -0.2) is 56.5 Å². The average molecular weight is 263 g/mol. The van der Waals surface area contributed by atoms with Crippen LogP contribution in [0.5, 0.6) is 0 Å². The molecule has 2 N–H and O–H groups in total. The van der Waals surface area contributed by atoms with Crippen molar-refractivity contribution in [2.45, 2.75) is 12.8 Å². The molecule has 4 nitrogen and oxygen atoms in total. The van der Waals surface area contributed by atoms with E-state index in [-0.39, 0.29) is 5.91 Å². The maximum absolute atomic E-state index is 12.2. The first kappa shape index (κ1) is 15.7. The first-order valence-corrected chi connectivity index (χ1v) is 6.73. The molecule has 106 valence electrons. The molecular weight excluding hydrogens is 238 g/mol. The zero-order valence-electron chi connectivity index (χ0n) is 12.2. The Kier molecular flexibility index (Phi) is 6.53. The summed E-state index contributed by atoms with van der Waals surface area (Å²) in [6.07, 6.45) is 1.84. The fourth-order valence-electron chi connectivity index (χ4n) is 1.93. The van der Waals surface area contributed by atoms with Gasteiger partial charge in [-0.1, -0.05) is 12.1 Å². The number of amides is 1. The molecule has 0 radical (unpaired) electrons. The largest absolute Gasteiger partial charge is 0.342 e. The van der Waals surface area contributed by atoms with Crippen molar-refractivity contribution >= 4 is 5.91 Å². The van der Waals surface area contributed by atoms with Crippen LogP contribution in [0.4, 0.5) is 0 Å². The minimum atomic E-state index is 0.0815. The van der Waals surface area contributed by atoms with Crippen molar-refractivity contribution in [3.8, 4) is 0 Å². The standard InChI is InChI=1S/C15H25N3O/c1-17(2)11-4-12-18(3)15(19)14-7-5-13(6-8-14)9-10-16/h5-8H,4,9-12,16H2,1-3H3. The Morgan fingerprint density at radius 3 is 2.26 bits per heavy atom. The molecule has 0 unspecified atom stereocenters. The molecule has 1 aromatic rings. The lowest BCUT2D eigenvalue weighted by molar-refractivity contribution is 0.0790. The predicted molar refractivity (Wildman–Crippen MR) is 79.3 cm³/mol. The quantitative estimate of drug-likeness (QED) is 0.804. The molecule has 0 aromatic heterocycles. The van der Waals surface area contributed by atoms with Gasteiger partial charge in [-0.2, -0.15) is 0 Å². The van der Waals surface area contributed by atoms with Crippen LogP contribution in [0.1, 0.15) is 22.3 Å². The molecule has 0 saturated carbocycles. The zero-order chi connectivity index (χ0) is 14.3. The number of hydrogen-bond acceptors (Lipinski definition) is 3. The number of rotatable bonds is 7. The number of nitrogens with two attached hydrogens (primary N) is 1. The molecular formula is C15H25N3O. The van der Waals surface area contributed by atoms with Gasteiger partial charge in [-0.3, -0.25) is 4.79 Å². The second-order valence-electron chi connectivity index (χ2n) is 5.12. The Balaban J connectivity index is 2.51. The maximum atomic E-state index is 12.2. The van der Waals surface area contributed by atoms with Crippen molar-refractivity contribution in [1.82, 2.24) is 9.80 Å². The van der Waals surface area contributed by atoms with Gasteiger partial charge in [0.25, 0.3) is 5.91 Å². The van der Waals surface area contributed by atoms with Gasteiger partial charge in [0.1, 0.15) is 0 Å². The zero-order valence-corrected chi connectivity index (χ0v) is 12.2. The molecule has 1 aromatic carbocycles. The summed E-state index contributed by atoms with van der Waals surface area (Å²) in [6.45, 7) is 2.41. The third-order valence-electron chi connectivity index (χ3n) is 3.08. The predicted octanol–water partition coefficient (Wildman–Crippen LogP) is 1.21. The van der Waals surface area contributed by atoms with Gasteiger partial charge in [-0.05, 0) is 57.7 Å². The van der Waals surface area contributed by atoms with Crippen LogP contribution < -0.4 is 5.73 Å². The maximum Gasteiger partial charge on any atom is 0.253 e. The van der Waals surface area contributed by atoms with Crippen LogP contribution >= 0.6 is 0 Å². The Hall–Kier alpha value is -1.39. The van der Waals surface area contributed by atoms with Crippen LogP contribution in [0, 0.1) is 0 Å². The lowest BCUT2D eigenvalue weighted by Gasteiger charge is -2.18. The van der Waals surface area contributed by atoms with Crippen LogP contribution in [0.15, 0.2) is 24.3 Å². The molecule has 0 fully saturated rings. The van der Waals surface area contributed by atoms with Crippen molar-refractivity contribution in [2.24, 2.45) is 5.73 Å². The molecule has 0 aliphatic rings. The minimum absolute atomic E-state index is 0.0815. The SMILES string of the molecule is CN(C)CCCN(C)C(=O)c1ccc(CCN)cc1. The van der Waals surface area contributed by atoms with E-state index in [2.05, 4.69) is 4.90 Å². The monoisotopic (exact) mass is 263 g/mol. The molecule has 1 amide bonds. The number of nitrogens with zero attached hydrogens (tertiary/aromatic N) is 2. The fraction of sp³-hybridized carbons (Fsp3) is 0.533. The van der Waals surface area contributed by atoms with Gasteiger partial charge < -0.3 is 15.5 Å². The van der Waals surface area contributed by atoms with E-state index in [1.165, 1.54) is 5.56 Å². The van der Waals surface area contributed by atoms with E-state index in [0.717, 1.165) is 31.5 Å². The smallest absolute Gasteiger partial charge is 0.253 e. The molecule has 0 heterocycles. The number of carbonyl (C=O) groups excluding carboxylic acids is 1. The second kappa shape index (κ2) is 7.92. The molecule has 0 saturated heterocycles. The lowest BCUT2D eigenvalue weighted by atomic mass is 10.1. The van der Waals surface area contributed by atoms with Crippen LogP contribution in [-0.2, 0) is 6.42 Å². The number of carbonyl (C=O) groups is 1. The first-order chi connectivity index (χ1) is 9.04. The highest BCUT2D eigenvalue weighted by Gasteiger charge is 2.10. The number of benzene rings is 1. The highest BCUT2D eigenvalue weighted by Crippen LogP contribution is 2.07. The van der Waals surface area contributed by atoms with E-state index >= 15 is 0 Å². The summed E-state index contributed by atoms with van der Waals surface area (Å²) in [5.41, 5.74) is 7.43. The van der Waals surface area contributed by atoms with E-state index < -0.39 is 0 Å². The van der Waals surface area contributed by atoms with Crippen LogP contribution in [0.25, 0.3) is 0 Å². The van der Waals surface area contributed by atoms with Gasteiger partial charge in [-0.15, -0.1) is 0 Å². The number of hydrogen-bond donors (Lipinski definition) is 1. The molecule has 0 bridgehead atoms. The second-order valence-corrected chi connectivity index (χ2v) is 5.12. The van der Waals surface area contributed by atoms with E-state index in [0.29, 0.717) is 6.54 Å². The van der Waals surface area contributed by atoms with Crippen molar-refractivity contribution in [1.29, 1.82) is 0 Å². The van der Waals surface area contributed by atoms with E-state index in [1.807, 2.05) is 45.4 Å². The van der Waals surface area contributed by atoms with Gasteiger partial charge in [0.15, 0.2) is 0 Å². The minimum Gasteiger partial charge on any atom is -0.342 e. The summed E-state index contributed by atoms with van der Waals surface area (Å²) in [7, 11) is 5.93. The third-order valence-corrected chi connectivity index (χ3v) is 3.08. The van der Waals surface area contributed by atoms with Gasteiger partial charge in [0, 0.05) is 19.2 Å². The molecule has 0 aliphatic heterocycles. The van der Waals surface area contributed by atoms with Crippen LogP contribution in [0.2, 0.25) is 0 Å². The van der Waals surface area contributed by atoms with E-state index in [9.17, 15) is 4.79 Å². The summed E-state index contributed by atoms with van der Waals surface area (Å²) in [6, 6.07) is 7.73. The normalized spacial score (nSPS) is 10.8. The summed E-state index contributed by atoms with van der Waals surface area (Å²) in [5.74, 6) is 0.0815. The van der Waals surface area contributed by atoms with Crippen molar-refractivity contribution < 1.29 is 4.79 Å². The van der Waals surface area contributed by atoms with Gasteiger partial charge in [-0.25, -0.2) is 0 Å². The van der Waals surface area contributed by atoms with E-state index in [1.54, 1.807) is 4.90 Å². The van der Waals surface area contributed by atoms with Gasteiger partial charge in [0.05, 0.1) is 0 Å². The Morgan fingerprint density at radius 1 is 1.11 bits per heavy atom. The highest BCUT2D eigenvalue weighted by atomic mass is 16.2. The van der Waals surface area contributed by atoms with Crippen LogP contribution in [0.3, 0.4) is 0 Å². The molecule has 0 spiro atoms. The Labute approximate surface area is 116 Å². The highest BCUT2D eigenvalue weighted by molar-refractivity contribution is 5.94. The summed E-state index contributed by atoms with van der Waals surface area (Å²) in [4.78, 5) is 16.1. The summed E-state index contributed by atoms with van der Waals surface area (Å²) in [5, 5.41) is 0. The molecule has 0 aliphatic carbocycles. The molecule has 1 rings (SSSR count). The summed E-state index contributed by atoms with van der Waals surface area (Å²) >= 11 is 0. The van der Waals surface area contributed by atoms with Crippen molar-refractivity contribution in [3.05, 3.63) is 35.4 Å². The third kappa shape index (κ3) is 5.41. The van der Waals surface area contributed by atoms with Crippen molar-refractivity contribution in [3.63, 3.8) is 0 Å². The fourth-order valence-corrected chi connectivity index (χ4v) is 1.93.